The fourth-order valence-electron chi connectivity index (χ4n) is 2.21. The molecule has 0 aliphatic carbocycles. The highest BCUT2D eigenvalue weighted by Gasteiger charge is 2.27. The number of thiophene rings is 1. The van der Waals surface area contributed by atoms with Gasteiger partial charge in [0.05, 0.1) is 11.5 Å². The van der Waals surface area contributed by atoms with Crippen LogP contribution < -0.4 is 5.32 Å². The Morgan fingerprint density at radius 3 is 2.85 bits per heavy atom. The third kappa shape index (κ3) is 3.73. The molecule has 2 amide bonds. The van der Waals surface area contributed by atoms with Gasteiger partial charge in [-0.3, -0.25) is 0 Å². The van der Waals surface area contributed by atoms with Crippen molar-refractivity contribution in [1.29, 1.82) is 0 Å². The van der Waals surface area contributed by atoms with Gasteiger partial charge in [0.2, 0.25) is 0 Å². The first kappa shape index (κ1) is 15.3. The van der Waals surface area contributed by atoms with Gasteiger partial charge in [0.1, 0.15) is 0 Å². The Morgan fingerprint density at radius 1 is 1.45 bits per heavy atom. The van der Waals surface area contributed by atoms with E-state index in [1.54, 1.807) is 16.2 Å². The molecule has 20 heavy (non-hydrogen) atoms. The number of carbonyl (C=O) groups excluding carboxylic acids is 1. The Kier molecular flexibility index (Phi) is 4.70. The second kappa shape index (κ2) is 6.13. The van der Waals surface area contributed by atoms with Crippen LogP contribution in [0.4, 0.5) is 4.79 Å². The first-order chi connectivity index (χ1) is 9.39. The van der Waals surface area contributed by atoms with Gasteiger partial charge in [-0.2, -0.15) is 11.3 Å². The Bertz CT molecular complexity index is 580. The van der Waals surface area contributed by atoms with Gasteiger partial charge in [-0.1, -0.05) is 0 Å². The van der Waals surface area contributed by atoms with Crippen LogP contribution in [0.2, 0.25) is 0 Å². The van der Waals surface area contributed by atoms with E-state index in [1.165, 1.54) is 5.56 Å². The number of aryl methyl sites for hydroxylation is 1. The van der Waals surface area contributed by atoms with Crippen molar-refractivity contribution in [2.24, 2.45) is 0 Å². The molecular weight excluding hydrogens is 296 g/mol. The molecule has 112 valence electrons. The number of carbonyl (C=O) groups is 1. The number of amides is 2. The maximum absolute atomic E-state index is 12.2. The largest absolute Gasteiger partial charge is 0.334 e. The zero-order valence-corrected chi connectivity index (χ0v) is 13.4. The second-order valence-corrected chi connectivity index (χ2v) is 8.27. The highest BCUT2D eigenvalue weighted by Crippen LogP contribution is 2.15. The van der Waals surface area contributed by atoms with E-state index in [0.717, 1.165) is 5.56 Å². The van der Waals surface area contributed by atoms with Crippen molar-refractivity contribution in [2.75, 3.05) is 18.1 Å². The first-order valence-corrected chi connectivity index (χ1v) is 9.42. The minimum Gasteiger partial charge on any atom is -0.334 e. The molecule has 7 heteroatoms. The van der Waals surface area contributed by atoms with E-state index in [9.17, 15) is 13.2 Å². The fourth-order valence-corrected chi connectivity index (χ4v) is 4.44. The molecule has 1 aliphatic heterocycles. The molecule has 1 aromatic heterocycles. The topological polar surface area (TPSA) is 66.5 Å². The first-order valence-electron chi connectivity index (χ1n) is 6.65. The zero-order chi connectivity index (χ0) is 14.8. The average Bonchev–Trinajstić information content (AvgIpc) is 2.73. The van der Waals surface area contributed by atoms with Crippen LogP contribution in [-0.2, 0) is 16.4 Å². The van der Waals surface area contributed by atoms with E-state index in [-0.39, 0.29) is 30.1 Å². The molecule has 0 radical (unpaired) electrons. The van der Waals surface area contributed by atoms with Crippen molar-refractivity contribution in [3.05, 3.63) is 21.9 Å². The Morgan fingerprint density at radius 2 is 2.20 bits per heavy atom. The summed E-state index contributed by atoms with van der Waals surface area (Å²) in [5, 5.41) is 6.94. The van der Waals surface area contributed by atoms with E-state index in [0.29, 0.717) is 13.0 Å². The van der Waals surface area contributed by atoms with Crippen LogP contribution in [0.5, 0.6) is 0 Å². The molecule has 1 N–H and O–H groups in total. The molecule has 1 aliphatic rings. The van der Waals surface area contributed by atoms with Crippen molar-refractivity contribution in [3.63, 3.8) is 0 Å². The average molecular weight is 316 g/mol. The summed E-state index contributed by atoms with van der Waals surface area (Å²) in [5.74, 6) is 0.226. The summed E-state index contributed by atoms with van der Waals surface area (Å²) in [6.45, 7) is 4.68. The Hall–Kier alpha value is -1.08. The molecule has 0 spiro atoms. The van der Waals surface area contributed by atoms with E-state index in [4.69, 9.17) is 0 Å². The number of sulfone groups is 1. The second-order valence-electron chi connectivity index (χ2n) is 5.22. The minimum atomic E-state index is -3.00. The molecule has 1 aromatic rings. The molecule has 1 atom stereocenters. The lowest BCUT2D eigenvalue weighted by Crippen LogP contribution is -2.45. The van der Waals surface area contributed by atoms with Gasteiger partial charge in [0, 0.05) is 19.1 Å². The number of rotatable bonds is 2. The van der Waals surface area contributed by atoms with Crippen molar-refractivity contribution >= 4 is 27.2 Å². The van der Waals surface area contributed by atoms with Gasteiger partial charge in [0.15, 0.2) is 9.84 Å². The summed E-state index contributed by atoms with van der Waals surface area (Å²) in [4.78, 5) is 13.8. The van der Waals surface area contributed by atoms with Crippen molar-refractivity contribution in [3.8, 4) is 0 Å². The summed E-state index contributed by atoms with van der Waals surface area (Å²) in [7, 11) is -3.00. The van der Waals surface area contributed by atoms with Crippen LogP contribution in [0.1, 0.15) is 24.5 Å². The summed E-state index contributed by atoms with van der Waals surface area (Å²) in [6.07, 6.45) is 0.507. The van der Waals surface area contributed by atoms with Crippen LogP contribution >= 0.6 is 11.3 Å². The lowest BCUT2D eigenvalue weighted by molar-refractivity contribution is 0.182. The number of hydrogen-bond acceptors (Lipinski definition) is 4. The van der Waals surface area contributed by atoms with Crippen LogP contribution in [0.25, 0.3) is 0 Å². The van der Waals surface area contributed by atoms with E-state index >= 15 is 0 Å². The quantitative estimate of drug-likeness (QED) is 0.904. The molecule has 2 heterocycles. The molecule has 1 fully saturated rings. The van der Waals surface area contributed by atoms with Gasteiger partial charge in [-0.15, -0.1) is 0 Å². The molecule has 0 bridgehead atoms. The van der Waals surface area contributed by atoms with Crippen molar-refractivity contribution in [2.45, 2.75) is 32.9 Å². The normalized spacial score (nSPS) is 22.3. The van der Waals surface area contributed by atoms with Crippen molar-refractivity contribution < 1.29 is 13.2 Å². The lowest BCUT2D eigenvalue weighted by Gasteiger charge is -2.26. The maximum Gasteiger partial charge on any atom is 0.317 e. The van der Waals surface area contributed by atoms with E-state index in [1.807, 2.05) is 24.6 Å². The summed E-state index contributed by atoms with van der Waals surface area (Å²) in [6, 6.07) is -0.226. The predicted octanol–water partition coefficient (Wildman–Crippen LogP) is 1.78. The van der Waals surface area contributed by atoms with E-state index < -0.39 is 9.84 Å². The molecule has 0 unspecified atom stereocenters. The van der Waals surface area contributed by atoms with Gasteiger partial charge < -0.3 is 10.2 Å². The van der Waals surface area contributed by atoms with Crippen molar-refractivity contribution in [1.82, 2.24) is 10.2 Å². The number of nitrogens with one attached hydrogen (secondary N) is 1. The van der Waals surface area contributed by atoms with Gasteiger partial charge in [0.25, 0.3) is 0 Å². The molecule has 0 saturated carbocycles. The Balaban J connectivity index is 1.96. The van der Waals surface area contributed by atoms with Crippen LogP contribution in [-0.4, -0.2) is 43.4 Å². The molecule has 1 saturated heterocycles. The van der Waals surface area contributed by atoms with Crippen LogP contribution in [0.15, 0.2) is 10.8 Å². The summed E-state index contributed by atoms with van der Waals surface area (Å²) in [5.41, 5.74) is 2.28. The number of urea groups is 1. The molecular formula is C13H20N2O3S2. The molecule has 5 nitrogen and oxygen atoms in total. The van der Waals surface area contributed by atoms with Gasteiger partial charge >= 0.3 is 6.03 Å². The lowest BCUT2D eigenvalue weighted by atomic mass is 10.2. The fraction of sp³-hybridized carbons (Fsp3) is 0.615. The van der Waals surface area contributed by atoms with Gasteiger partial charge in [-0.25, -0.2) is 13.2 Å². The third-order valence-corrected chi connectivity index (χ3v) is 6.25. The highest BCUT2D eigenvalue weighted by molar-refractivity contribution is 7.91. The zero-order valence-electron chi connectivity index (χ0n) is 11.8. The summed E-state index contributed by atoms with van der Waals surface area (Å²) >= 11 is 1.61. The minimum absolute atomic E-state index is 0.0455. The predicted molar refractivity (Wildman–Crippen MR) is 80.7 cm³/mol. The summed E-state index contributed by atoms with van der Waals surface area (Å²) < 4.78 is 23.2. The molecule has 0 aromatic carbocycles. The maximum atomic E-state index is 12.2. The smallest absolute Gasteiger partial charge is 0.317 e. The van der Waals surface area contributed by atoms with Crippen LogP contribution in [0, 0.1) is 6.92 Å². The number of hydrogen-bond donors (Lipinski definition) is 1. The van der Waals surface area contributed by atoms with Gasteiger partial charge in [-0.05, 0) is 42.2 Å². The SMILES string of the molecule is Cc1cscc1CNC(=O)N1CCS(=O)(=O)CC[C@H]1C. The molecule has 2 rings (SSSR count). The van der Waals surface area contributed by atoms with Crippen LogP contribution in [0.3, 0.4) is 0 Å². The highest BCUT2D eigenvalue weighted by atomic mass is 32.2. The standard InChI is InChI=1S/C13H20N2O3S2/c1-10-8-19-9-12(10)7-14-13(16)15-4-6-20(17,18)5-3-11(15)2/h8-9,11H,3-7H2,1-2H3,(H,14,16)/t11-/m1/s1. The van der Waals surface area contributed by atoms with E-state index in [2.05, 4.69) is 5.32 Å². The monoisotopic (exact) mass is 316 g/mol. The Labute approximate surface area is 123 Å². The third-order valence-electron chi connectivity index (χ3n) is 3.67. The number of nitrogens with zero attached hydrogens (tertiary/aromatic N) is 1.